The number of rotatable bonds is 4. The van der Waals surface area contributed by atoms with Gasteiger partial charge in [-0.3, -0.25) is 4.79 Å². The van der Waals surface area contributed by atoms with Crippen LogP contribution in [0.25, 0.3) is 0 Å². The highest BCUT2D eigenvalue weighted by Crippen LogP contribution is 2.28. The predicted molar refractivity (Wildman–Crippen MR) is 93.9 cm³/mol. The van der Waals surface area contributed by atoms with E-state index in [1.807, 2.05) is 24.0 Å². The average molecular weight is 361 g/mol. The number of carbonyl (C=O) groups excluding carboxylic acids is 1. The maximum absolute atomic E-state index is 12.5. The molecule has 0 aliphatic carbocycles. The number of aromatic nitrogens is 2. The third-order valence-corrected chi connectivity index (χ3v) is 6.03. The van der Waals surface area contributed by atoms with Crippen LogP contribution in [0.5, 0.6) is 0 Å². The minimum absolute atomic E-state index is 0.147. The summed E-state index contributed by atoms with van der Waals surface area (Å²) in [4.78, 5) is 16.5. The largest absolute Gasteiger partial charge is 0.425 e. The van der Waals surface area contributed by atoms with Crippen LogP contribution in [-0.4, -0.2) is 47.3 Å². The van der Waals surface area contributed by atoms with Crippen molar-refractivity contribution in [3.63, 3.8) is 0 Å². The average Bonchev–Trinajstić information content (AvgIpc) is 3.37. The van der Waals surface area contributed by atoms with Gasteiger partial charge in [0.1, 0.15) is 0 Å². The van der Waals surface area contributed by atoms with E-state index in [9.17, 15) is 4.79 Å². The third-order valence-electron chi connectivity index (χ3n) is 5.04. The van der Waals surface area contributed by atoms with Crippen molar-refractivity contribution >= 4 is 17.2 Å². The number of carbonyl (C=O) groups is 1. The number of hydrogen-bond donors (Lipinski definition) is 0. The second-order valence-electron chi connectivity index (χ2n) is 6.94. The molecule has 1 amide bonds. The van der Waals surface area contributed by atoms with E-state index in [-0.39, 0.29) is 5.91 Å². The molecule has 0 saturated carbocycles. The Labute approximate surface area is 151 Å². The summed E-state index contributed by atoms with van der Waals surface area (Å²) in [6.45, 7) is 5.14. The van der Waals surface area contributed by atoms with Gasteiger partial charge in [-0.25, -0.2) is 0 Å². The molecule has 0 unspecified atom stereocenters. The molecule has 2 aromatic heterocycles. The Balaban J connectivity index is 1.33. The molecule has 0 radical (unpaired) electrons. The summed E-state index contributed by atoms with van der Waals surface area (Å²) < 4.78 is 11.3. The monoisotopic (exact) mass is 361 g/mol. The summed E-state index contributed by atoms with van der Waals surface area (Å²) in [7, 11) is 0. The van der Waals surface area contributed by atoms with Crippen molar-refractivity contribution in [2.45, 2.75) is 38.5 Å². The fourth-order valence-electron chi connectivity index (χ4n) is 3.59. The molecule has 134 valence electrons. The van der Waals surface area contributed by atoms with E-state index in [0.717, 1.165) is 62.8 Å². The maximum atomic E-state index is 12.5. The molecule has 6 nitrogen and oxygen atoms in total. The summed E-state index contributed by atoms with van der Waals surface area (Å²) >= 11 is 1.56. The van der Waals surface area contributed by atoms with Gasteiger partial charge < -0.3 is 14.1 Å². The molecule has 7 heteroatoms. The normalized spacial score (nSPS) is 21.8. The summed E-state index contributed by atoms with van der Waals surface area (Å²) in [6, 6.07) is 3.93. The van der Waals surface area contributed by atoms with Crippen LogP contribution in [0.3, 0.4) is 0 Å². The molecular weight excluding hydrogens is 338 g/mol. The first-order valence-electron chi connectivity index (χ1n) is 8.95. The first kappa shape index (κ1) is 16.7. The topological polar surface area (TPSA) is 68.5 Å². The van der Waals surface area contributed by atoms with Gasteiger partial charge in [0.15, 0.2) is 0 Å². The molecule has 1 atom stereocenters. The van der Waals surface area contributed by atoms with E-state index in [4.69, 9.17) is 9.15 Å². The molecule has 0 aromatic carbocycles. The van der Waals surface area contributed by atoms with Crippen molar-refractivity contribution in [2.75, 3.05) is 26.3 Å². The van der Waals surface area contributed by atoms with E-state index in [2.05, 4.69) is 10.2 Å². The number of thiophene rings is 1. The molecule has 4 heterocycles. The van der Waals surface area contributed by atoms with E-state index >= 15 is 0 Å². The summed E-state index contributed by atoms with van der Waals surface area (Å²) in [6.07, 6.45) is 3.65. The van der Waals surface area contributed by atoms with Crippen LogP contribution >= 0.6 is 11.3 Å². The highest BCUT2D eigenvalue weighted by Gasteiger charge is 2.29. The molecule has 2 aliphatic heterocycles. The lowest BCUT2D eigenvalue weighted by Crippen LogP contribution is -2.28. The Morgan fingerprint density at radius 3 is 2.88 bits per heavy atom. The van der Waals surface area contributed by atoms with Crippen molar-refractivity contribution in [3.8, 4) is 0 Å². The van der Waals surface area contributed by atoms with Crippen molar-refractivity contribution < 1.29 is 13.9 Å². The fourth-order valence-corrected chi connectivity index (χ4v) is 4.43. The zero-order chi connectivity index (χ0) is 17.2. The third kappa shape index (κ3) is 3.77. The molecule has 2 aromatic rings. The molecule has 25 heavy (non-hydrogen) atoms. The zero-order valence-electron chi connectivity index (χ0n) is 14.4. The van der Waals surface area contributed by atoms with Crippen LogP contribution in [0, 0.1) is 12.8 Å². The van der Waals surface area contributed by atoms with E-state index in [1.54, 1.807) is 11.3 Å². The zero-order valence-corrected chi connectivity index (χ0v) is 15.3. The van der Waals surface area contributed by atoms with Crippen LogP contribution in [0.2, 0.25) is 0 Å². The van der Waals surface area contributed by atoms with Gasteiger partial charge >= 0.3 is 0 Å². The van der Waals surface area contributed by atoms with Gasteiger partial charge in [-0.1, -0.05) is 0 Å². The van der Waals surface area contributed by atoms with Gasteiger partial charge in [0.05, 0.1) is 4.88 Å². The van der Waals surface area contributed by atoms with Crippen molar-refractivity contribution in [2.24, 2.45) is 5.92 Å². The van der Waals surface area contributed by atoms with Crippen LogP contribution in [0.15, 0.2) is 16.5 Å². The van der Waals surface area contributed by atoms with E-state index in [0.29, 0.717) is 17.7 Å². The molecule has 4 rings (SSSR count). The lowest BCUT2D eigenvalue weighted by molar-refractivity contribution is 0.0788. The summed E-state index contributed by atoms with van der Waals surface area (Å²) in [5, 5.41) is 8.46. The minimum atomic E-state index is 0.147. The minimum Gasteiger partial charge on any atom is -0.425 e. The Morgan fingerprint density at radius 2 is 2.12 bits per heavy atom. The molecule has 0 spiro atoms. The van der Waals surface area contributed by atoms with Gasteiger partial charge in [-0.05, 0) is 44.2 Å². The fraction of sp³-hybridized carbons (Fsp3) is 0.611. The number of nitrogens with zero attached hydrogens (tertiary/aromatic N) is 3. The van der Waals surface area contributed by atoms with Crippen LogP contribution in [0.1, 0.15) is 51.5 Å². The highest BCUT2D eigenvalue weighted by atomic mass is 32.1. The molecule has 0 N–H and O–H groups in total. The number of hydrogen-bond acceptors (Lipinski definition) is 6. The summed E-state index contributed by atoms with van der Waals surface area (Å²) in [5.74, 6) is 2.33. The van der Waals surface area contributed by atoms with Gasteiger partial charge in [0.2, 0.25) is 11.8 Å². The van der Waals surface area contributed by atoms with Crippen LogP contribution < -0.4 is 0 Å². The van der Waals surface area contributed by atoms with Crippen molar-refractivity contribution in [1.29, 1.82) is 0 Å². The highest BCUT2D eigenvalue weighted by molar-refractivity contribution is 7.13. The van der Waals surface area contributed by atoms with Crippen LogP contribution in [-0.2, 0) is 11.2 Å². The van der Waals surface area contributed by atoms with Crippen LogP contribution in [0.4, 0.5) is 0 Å². The summed E-state index contributed by atoms with van der Waals surface area (Å²) in [5.41, 5.74) is 0. The van der Waals surface area contributed by atoms with E-state index in [1.165, 1.54) is 4.88 Å². The Hall–Kier alpha value is -1.73. The van der Waals surface area contributed by atoms with Gasteiger partial charge in [-0.15, -0.1) is 21.5 Å². The Kier molecular flexibility index (Phi) is 4.85. The number of aryl methyl sites for hydroxylation is 1. The number of ether oxygens (including phenoxy) is 1. The quantitative estimate of drug-likeness (QED) is 0.837. The Bertz CT molecular complexity index is 736. The molecule has 2 aliphatic rings. The SMILES string of the molecule is Cc1ccc(C(=O)N2CC[C@H](Cc3nnc(C4CCOCC4)o3)C2)s1. The van der Waals surface area contributed by atoms with Gasteiger partial charge in [-0.2, -0.15) is 0 Å². The molecule has 2 saturated heterocycles. The number of amides is 1. The first-order valence-corrected chi connectivity index (χ1v) is 9.76. The Morgan fingerprint density at radius 1 is 1.28 bits per heavy atom. The van der Waals surface area contributed by atoms with Crippen molar-refractivity contribution in [1.82, 2.24) is 15.1 Å². The molecular formula is C18H23N3O3S. The van der Waals surface area contributed by atoms with Gasteiger partial charge in [0.25, 0.3) is 5.91 Å². The lowest BCUT2D eigenvalue weighted by Gasteiger charge is -2.18. The standard InChI is InChI=1S/C18H23N3O3S/c1-12-2-3-15(25-12)18(22)21-7-4-13(11-21)10-16-19-20-17(24-16)14-5-8-23-9-6-14/h2-3,13-14H,4-11H2,1H3/t13-/m1/s1. The second-order valence-corrected chi connectivity index (χ2v) is 8.23. The maximum Gasteiger partial charge on any atom is 0.263 e. The second kappa shape index (κ2) is 7.25. The predicted octanol–water partition coefficient (Wildman–Crippen LogP) is 3.04. The van der Waals surface area contributed by atoms with E-state index < -0.39 is 0 Å². The number of likely N-dealkylation sites (tertiary alicyclic amines) is 1. The van der Waals surface area contributed by atoms with Crippen molar-refractivity contribution in [3.05, 3.63) is 33.7 Å². The molecule has 0 bridgehead atoms. The first-order chi connectivity index (χ1) is 12.2. The lowest BCUT2D eigenvalue weighted by atomic mass is 10.0. The smallest absolute Gasteiger partial charge is 0.263 e. The molecule has 2 fully saturated rings. The van der Waals surface area contributed by atoms with Gasteiger partial charge in [0, 0.05) is 43.5 Å².